The summed E-state index contributed by atoms with van der Waals surface area (Å²) in [5.41, 5.74) is 3.45. The second-order valence-electron chi connectivity index (χ2n) is 4.81. The van der Waals surface area contributed by atoms with Gasteiger partial charge in [-0.1, -0.05) is 36.7 Å². The van der Waals surface area contributed by atoms with Gasteiger partial charge < -0.3 is 10.1 Å². The lowest BCUT2D eigenvalue weighted by Gasteiger charge is -2.11. The van der Waals surface area contributed by atoms with Crippen LogP contribution in [-0.2, 0) is 6.54 Å². The molecule has 0 heterocycles. The summed E-state index contributed by atoms with van der Waals surface area (Å²) in [4.78, 5) is 0. The molecular weight excluding hydrogens is 270 g/mol. The molecule has 1 N–H and O–H groups in total. The molecule has 2 nitrogen and oxygen atoms in total. The molecule has 0 unspecified atom stereocenters. The van der Waals surface area contributed by atoms with Crippen molar-refractivity contribution in [3.05, 3.63) is 58.6 Å². The molecule has 20 heavy (non-hydrogen) atoms. The molecule has 0 bridgehead atoms. The Balaban J connectivity index is 2.01. The summed E-state index contributed by atoms with van der Waals surface area (Å²) in [6, 6.07) is 14.0. The van der Waals surface area contributed by atoms with E-state index in [0.717, 1.165) is 36.0 Å². The zero-order valence-corrected chi connectivity index (χ0v) is 12.7. The van der Waals surface area contributed by atoms with Gasteiger partial charge in [-0.05, 0) is 48.7 Å². The molecule has 0 saturated heterocycles. The first-order valence-electron chi connectivity index (χ1n) is 6.91. The number of hydrogen-bond donors (Lipinski definition) is 1. The Bertz CT molecular complexity index is 569. The predicted molar refractivity (Wildman–Crippen MR) is 85.7 cm³/mol. The van der Waals surface area contributed by atoms with Crippen molar-refractivity contribution in [2.45, 2.75) is 26.8 Å². The SMILES string of the molecule is CCCOc1cccc(CNc2cc(Cl)ccc2C)c1. The first-order valence-corrected chi connectivity index (χ1v) is 7.28. The zero-order valence-electron chi connectivity index (χ0n) is 11.9. The maximum absolute atomic E-state index is 6.02. The van der Waals surface area contributed by atoms with Crippen molar-refractivity contribution in [2.75, 3.05) is 11.9 Å². The molecule has 0 fully saturated rings. The monoisotopic (exact) mass is 289 g/mol. The lowest BCUT2D eigenvalue weighted by atomic mass is 10.1. The summed E-state index contributed by atoms with van der Waals surface area (Å²) in [7, 11) is 0. The van der Waals surface area contributed by atoms with E-state index in [1.54, 1.807) is 0 Å². The minimum atomic E-state index is 0.748. The topological polar surface area (TPSA) is 21.3 Å². The van der Waals surface area contributed by atoms with E-state index in [0.29, 0.717) is 0 Å². The minimum absolute atomic E-state index is 0.748. The summed E-state index contributed by atoms with van der Waals surface area (Å²) >= 11 is 6.02. The molecule has 2 rings (SSSR count). The van der Waals surface area contributed by atoms with E-state index in [-0.39, 0.29) is 0 Å². The lowest BCUT2D eigenvalue weighted by molar-refractivity contribution is 0.317. The van der Waals surface area contributed by atoms with Crippen LogP contribution in [0.2, 0.25) is 5.02 Å². The molecule has 0 aliphatic carbocycles. The molecule has 106 valence electrons. The Labute approximate surface area is 125 Å². The van der Waals surface area contributed by atoms with E-state index in [1.807, 2.05) is 30.3 Å². The van der Waals surface area contributed by atoms with E-state index in [1.165, 1.54) is 11.1 Å². The van der Waals surface area contributed by atoms with Crippen LogP contribution in [0.15, 0.2) is 42.5 Å². The van der Waals surface area contributed by atoms with Crippen molar-refractivity contribution in [1.29, 1.82) is 0 Å². The number of aryl methyl sites for hydroxylation is 1. The highest BCUT2D eigenvalue weighted by Crippen LogP contribution is 2.21. The Hall–Kier alpha value is -1.67. The van der Waals surface area contributed by atoms with Crippen LogP contribution in [0, 0.1) is 6.92 Å². The third kappa shape index (κ3) is 4.17. The molecule has 2 aromatic carbocycles. The van der Waals surface area contributed by atoms with Crippen molar-refractivity contribution < 1.29 is 4.74 Å². The molecule has 0 aliphatic heterocycles. The van der Waals surface area contributed by atoms with Gasteiger partial charge in [-0.2, -0.15) is 0 Å². The van der Waals surface area contributed by atoms with Crippen LogP contribution >= 0.6 is 11.6 Å². The highest BCUT2D eigenvalue weighted by atomic mass is 35.5. The predicted octanol–water partition coefficient (Wildman–Crippen LogP) is 5.05. The van der Waals surface area contributed by atoms with Gasteiger partial charge in [0, 0.05) is 17.3 Å². The number of hydrogen-bond acceptors (Lipinski definition) is 2. The fourth-order valence-electron chi connectivity index (χ4n) is 1.95. The number of ether oxygens (including phenoxy) is 1. The average molecular weight is 290 g/mol. The Morgan fingerprint density at radius 1 is 1.15 bits per heavy atom. The largest absolute Gasteiger partial charge is 0.494 e. The Morgan fingerprint density at radius 3 is 2.80 bits per heavy atom. The average Bonchev–Trinajstić information content (AvgIpc) is 2.46. The second-order valence-corrected chi connectivity index (χ2v) is 5.25. The van der Waals surface area contributed by atoms with Crippen LogP contribution in [0.1, 0.15) is 24.5 Å². The highest BCUT2D eigenvalue weighted by Gasteiger charge is 2.01. The zero-order chi connectivity index (χ0) is 14.4. The van der Waals surface area contributed by atoms with E-state index in [4.69, 9.17) is 16.3 Å². The fraction of sp³-hybridized carbons (Fsp3) is 0.294. The van der Waals surface area contributed by atoms with Gasteiger partial charge in [0.1, 0.15) is 5.75 Å². The lowest BCUT2D eigenvalue weighted by Crippen LogP contribution is -2.02. The number of rotatable bonds is 6. The first kappa shape index (κ1) is 14.7. The highest BCUT2D eigenvalue weighted by molar-refractivity contribution is 6.30. The van der Waals surface area contributed by atoms with Gasteiger partial charge in [0.15, 0.2) is 0 Å². The molecule has 0 amide bonds. The van der Waals surface area contributed by atoms with Gasteiger partial charge in [-0.3, -0.25) is 0 Å². The summed E-state index contributed by atoms with van der Waals surface area (Å²) in [5, 5.41) is 4.16. The van der Waals surface area contributed by atoms with E-state index in [2.05, 4.69) is 31.3 Å². The third-order valence-corrected chi connectivity index (χ3v) is 3.29. The molecule has 0 spiro atoms. The van der Waals surface area contributed by atoms with Crippen molar-refractivity contribution >= 4 is 17.3 Å². The minimum Gasteiger partial charge on any atom is -0.494 e. The van der Waals surface area contributed by atoms with Crippen molar-refractivity contribution in [1.82, 2.24) is 0 Å². The van der Waals surface area contributed by atoms with Gasteiger partial charge in [0.25, 0.3) is 0 Å². The Kier molecular flexibility index (Phi) is 5.31. The normalized spacial score (nSPS) is 10.3. The Morgan fingerprint density at radius 2 is 2.00 bits per heavy atom. The van der Waals surface area contributed by atoms with Crippen LogP contribution in [-0.4, -0.2) is 6.61 Å². The summed E-state index contributed by atoms with van der Waals surface area (Å²) in [6.07, 6.45) is 1.02. The van der Waals surface area contributed by atoms with Gasteiger partial charge in [0.05, 0.1) is 6.61 Å². The number of nitrogens with one attached hydrogen (secondary N) is 1. The third-order valence-electron chi connectivity index (χ3n) is 3.05. The molecule has 0 aliphatic rings. The second kappa shape index (κ2) is 7.20. The van der Waals surface area contributed by atoms with Gasteiger partial charge in [-0.25, -0.2) is 0 Å². The van der Waals surface area contributed by atoms with Crippen LogP contribution in [0.25, 0.3) is 0 Å². The molecule has 0 radical (unpaired) electrons. The molecule has 0 atom stereocenters. The molecular formula is C17H20ClNO. The first-order chi connectivity index (χ1) is 9.69. The summed E-state index contributed by atoms with van der Waals surface area (Å²) in [6.45, 7) is 5.68. The molecule has 0 aromatic heterocycles. The summed E-state index contributed by atoms with van der Waals surface area (Å²) in [5.74, 6) is 0.925. The van der Waals surface area contributed by atoms with Crippen molar-refractivity contribution in [3.8, 4) is 5.75 Å². The van der Waals surface area contributed by atoms with Crippen LogP contribution < -0.4 is 10.1 Å². The van der Waals surface area contributed by atoms with E-state index >= 15 is 0 Å². The van der Waals surface area contributed by atoms with Gasteiger partial charge in [0.2, 0.25) is 0 Å². The quantitative estimate of drug-likeness (QED) is 0.803. The van der Waals surface area contributed by atoms with E-state index < -0.39 is 0 Å². The maximum Gasteiger partial charge on any atom is 0.119 e. The number of anilines is 1. The summed E-state index contributed by atoms with van der Waals surface area (Å²) < 4.78 is 5.64. The molecule has 2 aromatic rings. The van der Waals surface area contributed by atoms with Crippen LogP contribution in [0.5, 0.6) is 5.75 Å². The van der Waals surface area contributed by atoms with Gasteiger partial charge in [-0.15, -0.1) is 0 Å². The van der Waals surface area contributed by atoms with E-state index in [9.17, 15) is 0 Å². The number of benzene rings is 2. The van der Waals surface area contributed by atoms with Crippen molar-refractivity contribution in [3.63, 3.8) is 0 Å². The van der Waals surface area contributed by atoms with Crippen molar-refractivity contribution in [2.24, 2.45) is 0 Å². The molecule has 0 saturated carbocycles. The fourth-order valence-corrected chi connectivity index (χ4v) is 2.12. The van der Waals surface area contributed by atoms with Crippen LogP contribution in [0.4, 0.5) is 5.69 Å². The number of halogens is 1. The maximum atomic E-state index is 6.02. The smallest absolute Gasteiger partial charge is 0.119 e. The van der Waals surface area contributed by atoms with Gasteiger partial charge >= 0.3 is 0 Å². The van der Waals surface area contributed by atoms with Crippen LogP contribution in [0.3, 0.4) is 0 Å². The molecule has 3 heteroatoms. The standard InChI is InChI=1S/C17H20ClNO/c1-3-9-20-16-6-4-5-14(10-16)12-19-17-11-15(18)8-7-13(17)2/h4-8,10-11,19H,3,9,12H2,1-2H3.